The number of ether oxygens (including phenoxy) is 4. The molecule has 0 saturated carbocycles. The Hall–Kier alpha value is -2.36. The quantitative estimate of drug-likeness (QED) is 0.305. The number of rotatable bonds is 9. The van der Waals surface area contributed by atoms with E-state index >= 15 is 0 Å². The van der Waals surface area contributed by atoms with Crippen LogP contribution in [-0.4, -0.2) is 59.9 Å². The molecule has 0 aliphatic rings. The minimum Gasteiger partial charge on any atom is -0.497 e. The van der Waals surface area contributed by atoms with Crippen molar-refractivity contribution in [1.29, 1.82) is 0 Å². The monoisotopic (exact) mass is 529 g/mol. The SMILES string of the molecule is CN=C(NCCc1c(OC)cc(OC)cc1OC)N(C)Cc1ccc(OC)cc1.I. The Balaban J connectivity index is 0.00000450. The summed E-state index contributed by atoms with van der Waals surface area (Å²) in [7, 11) is 10.4. The van der Waals surface area contributed by atoms with Crippen LogP contribution in [0.5, 0.6) is 23.0 Å². The largest absolute Gasteiger partial charge is 0.497 e. The standard InChI is InChI=1S/C22H31N3O4.HI/c1-23-22(25(2)15-16-7-9-17(26-3)10-8-16)24-12-11-19-20(28-5)13-18(27-4)14-21(19)29-6;/h7-10,13-14H,11-12,15H2,1-6H3,(H,23,24);1H. The highest BCUT2D eigenvalue weighted by molar-refractivity contribution is 14.0. The minimum absolute atomic E-state index is 0. The highest BCUT2D eigenvalue weighted by atomic mass is 127. The second-order valence-electron chi connectivity index (χ2n) is 6.44. The van der Waals surface area contributed by atoms with Crippen molar-refractivity contribution in [1.82, 2.24) is 10.2 Å². The van der Waals surface area contributed by atoms with Crippen molar-refractivity contribution in [2.75, 3.05) is 49.1 Å². The molecule has 0 radical (unpaired) electrons. The first-order valence-electron chi connectivity index (χ1n) is 9.39. The highest BCUT2D eigenvalue weighted by Crippen LogP contribution is 2.34. The van der Waals surface area contributed by atoms with Gasteiger partial charge in [0.25, 0.3) is 0 Å². The molecule has 0 spiro atoms. The average molecular weight is 529 g/mol. The van der Waals surface area contributed by atoms with Gasteiger partial charge in [-0.25, -0.2) is 0 Å². The zero-order chi connectivity index (χ0) is 21.2. The van der Waals surface area contributed by atoms with E-state index in [1.807, 2.05) is 31.3 Å². The average Bonchev–Trinajstić information content (AvgIpc) is 2.76. The maximum absolute atomic E-state index is 5.52. The Morgan fingerprint density at radius 2 is 1.47 bits per heavy atom. The number of benzene rings is 2. The molecule has 8 heteroatoms. The van der Waals surface area contributed by atoms with Crippen LogP contribution < -0.4 is 24.3 Å². The normalized spacial score (nSPS) is 10.7. The Morgan fingerprint density at radius 1 is 0.900 bits per heavy atom. The van der Waals surface area contributed by atoms with E-state index in [2.05, 4.69) is 27.3 Å². The van der Waals surface area contributed by atoms with Crippen LogP contribution in [0.3, 0.4) is 0 Å². The second kappa shape index (κ2) is 13.0. The molecule has 0 aliphatic heterocycles. The van der Waals surface area contributed by atoms with Gasteiger partial charge in [-0.15, -0.1) is 24.0 Å². The van der Waals surface area contributed by atoms with Gasteiger partial charge in [0.2, 0.25) is 0 Å². The molecule has 2 rings (SSSR count). The zero-order valence-electron chi connectivity index (χ0n) is 18.5. The molecule has 2 aromatic carbocycles. The van der Waals surface area contributed by atoms with Crippen molar-refractivity contribution in [2.45, 2.75) is 13.0 Å². The molecule has 0 saturated heterocycles. The maximum Gasteiger partial charge on any atom is 0.193 e. The topological polar surface area (TPSA) is 64.6 Å². The molecule has 7 nitrogen and oxygen atoms in total. The van der Waals surface area contributed by atoms with Crippen LogP contribution in [0, 0.1) is 0 Å². The number of methoxy groups -OCH3 is 4. The summed E-state index contributed by atoms with van der Waals surface area (Å²) in [6, 6.07) is 11.7. The molecule has 0 heterocycles. The number of hydrogen-bond acceptors (Lipinski definition) is 5. The molecule has 0 atom stereocenters. The molecule has 0 fully saturated rings. The number of hydrogen-bond donors (Lipinski definition) is 1. The van der Waals surface area contributed by atoms with Crippen LogP contribution in [-0.2, 0) is 13.0 Å². The van der Waals surface area contributed by atoms with E-state index < -0.39 is 0 Å². The predicted octanol–water partition coefficient (Wildman–Crippen LogP) is 3.59. The van der Waals surface area contributed by atoms with E-state index in [9.17, 15) is 0 Å². The lowest BCUT2D eigenvalue weighted by atomic mass is 10.1. The fourth-order valence-corrected chi connectivity index (χ4v) is 3.09. The molecule has 1 N–H and O–H groups in total. The van der Waals surface area contributed by atoms with Gasteiger partial charge in [-0.3, -0.25) is 4.99 Å². The number of guanidine groups is 1. The summed E-state index contributed by atoms with van der Waals surface area (Å²) >= 11 is 0. The summed E-state index contributed by atoms with van der Waals surface area (Å²) in [5.41, 5.74) is 2.16. The van der Waals surface area contributed by atoms with Crippen LogP contribution in [0.15, 0.2) is 41.4 Å². The van der Waals surface area contributed by atoms with E-state index in [0.29, 0.717) is 18.7 Å². The lowest BCUT2D eigenvalue weighted by Crippen LogP contribution is -2.39. The van der Waals surface area contributed by atoms with Crippen molar-refractivity contribution in [3.8, 4) is 23.0 Å². The van der Waals surface area contributed by atoms with Gasteiger partial charge >= 0.3 is 0 Å². The van der Waals surface area contributed by atoms with Gasteiger partial charge in [0.05, 0.1) is 28.4 Å². The summed E-state index contributed by atoms with van der Waals surface area (Å²) in [5, 5.41) is 3.40. The first kappa shape index (κ1) is 25.7. The molecule has 0 unspecified atom stereocenters. The summed E-state index contributed by atoms with van der Waals surface area (Å²) in [6.45, 7) is 1.41. The Morgan fingerprint density at radius 3 is 1.93 bits per heavy atom. The molecule has 2 aromatic rings. The first-order chi connectivity index (χ1) is 14.1. The molecule has 0 amide bonds. The van der Waals surface area contributed by atoms with Crippen molar-refractivity contribution in [3.63, 3.8) is 0 Å². The number of aliphatic imine (C=N–C) groups is 1. The Bertz CT molecular complexity index is 788. The van der Waals surface area contributed by atoms with Gasteiger partial charge in [-0.05, 0) is 24.1 Å². The first-order valence-corrected chi connectivity index (χ1v) is 9.39. The molecule has 30 heavy (non-hydrogen) atoms. The van der Waals surface area contributed by atoms with Gasteiger partial charge in [0.15, 0.2) is 5.96 Å². The lowest BCUT2D eigenvalue weighted by molar-refractivity contribution is 0.368. The number of nitrogens with one attached hydrogen (secondary N) is 1. The van der Waals surface area contributed by atoms with E-state index in [1.54, 1.807) is 35.5 Å². The maximum atomic E-state index is 5.52. The number of halogens is 1. The van der Waals surface area contributed by atoms with Crippen LogP contribution in [0.2, 0.25) is 0 Å². The highest BCUT2D eigenvalue weighted by Gasteiger charge is 2.14. The smallest absolute Gasteiger partial charge is 0.193 e. The number of nitrogens with zero attached hydrogens (tertiary/aromatic N) is 2. The third-order valence-corrected chi connectivity index (χ3v) is 4.63. The van der Waals surface area contributed by atoms with Gasteiger partial charge < -0.3 is 29.2 Å². The summed E-state index contributed by atoms with van der Waals surface area (Å²) < 4.78 is 21.6. The van der Waals surface area contributed by atoms with Crippen molar-refractivity contribution in [3.05, 3.63) is 47.5 Å². The van der Waals surface area contributed by atoms with Gasteiger partial charge in [0, 0.05) is 44.9 Å². The van der Waals surface area contributed by atoms with Gasteiger partial charge in [0.1, 0.15) is 23.0 Å². The van der Waals surface area contributed by atoms with Crippen molar-refractivity contribution in [2.24, 2.45) is 4.99 Å². The van der Waals surface area contributed by atoms with Gasteiger partial charge in [-0.2, -0.15) is 0 Å². The van der Waals surface area contributed by atoms with E-state index in [4.69, 9.17) is 18.9 Å². The molecule has 0 aliphatic carbocycles. The van der Waals surface area contributed by atoms with Crippen LogP contribution in [0.1, 0.15) is 11.1 Å². The predicted molar refractivity (Wildman–Crippen MR) is 131 cm³/mol. The molecule has 0 bridgehead atoms. The van der Waals surface area contributed by atoms with E-state index in [0.717, 1.165) is 35.3 Å². The zero-order valence-corrected chi connectivity index (χ0v) is 20.9. The van der Waals surface area contributed by atoms with E-state index in [-0.39, 0.29) is 24.0 Å². The molecular weight excluding hydrogens is 497 g/mol. The summed E-state index contributed by atoms with van der Waals surface area (Å²) in [4.78, 5) is 6.46. The van der Waals surface area contributed by atoms with Gasteiger partial charge in [-0.1, -0.05) is 12.1 Å². The Kier molecular flexibility index (Phi) is 11.2. The molecular formula is C22H32IN3O4. The van der Waals surface area contributed by atoms with Crippen LogP contribution in [0.4, 0.5) is 0 Å². The van der Waals surface area contributed by atoms with Crippen LogP contribution in [0.25, 0.3) is 0 Å². The third kappa shape index (κ3) is 6.86. The lowest BCUT2D eigenvalue weighted by Gasteiger charge is -2.23. The summed E-state index contributed by atoms with van der Waals surface area (Å²) in [6.07, 6.45) is 0.714. The third-order valence-electron chi connectivity index (χ3n) is 4.63. The fourth-order valence-electron chi connectivity index (χ4n) is 3.09. The minimum atomic E-state index is 0. The van der Waals surface area contributed by atoms with Crippen molar-refractivity contribution >= 4 is 29.9 Å². The molecule has 166 valence electrons. The molecule has 0 aromatic heterocycles. The second-order valence-corrected chi connectivity index (χ2v) is 6.44. The van der Waals surface area contributed by atoms with Crippen molar-refractivity contribution < 1.29 is 18.9 Å². The van der Waals surface area contributed by atoms with Crippen LogP contribution >= 0.6 is 24.0 Å². The Labute approximate surface area is 196 Å². The summed E-state index contributed by atoms with van der Waals surface area (Å²) in [5.74, 6) is 3.84. The fraction of sp³-hybridized carbons (Fsp3) is 0.409. The van der Waals surface area contributed by atoms with E-state index in [1.165, 1.54) is 5.56 Å².